The number of anilines is 1. The van der Waals surface area contributed by atoms with Crippen molar-refractivity contribution in [1.82, 2.24) is 9.88 Å². The highest BCUT2D eigenvalue weighted by Crippen LogP contribution is 2.28. The molecule has 0 aliphatic rings. The van der Waals surface area contributed by atoms with Gasteiger partial charge in [0.15, 0.2) is 0 Å². The molecule has 1 amide bonds. The van der Waals surface area contributed by atoms with Crippen LogP contribution in [-0.2, 0) is 22.0 Å². The monoisotopic (exact) mass is 517 g/mol. The Labute approximate surface area is 219 Å². The molecule has 0 radical (unpaired) electrons. The molecule has 4 rings (SSSR count). The Hall–Kier alpha value is -3.58. The molecule has 0 fully saturated rings. The van der Waals surface area contributed by atoms with Crippen LogP contribution in [-0.4, -0.2) is 25.4 Å². The number of hydrogen-bond donors (Lipinski definition) is 2. The van der Waals surface area contributed by atoms with E-state index in [1.165, 1.54) is 0 Å². The molecule has 0 saturated heterocycles. The predicted molar refractivity (Wildman–Crippen MR) is 151 cm³/mol. The van der Waals surface area contributed by atoms with E-state index >= 15 is 0 Å². The number of benzene rings is 3. The van der Waals surface area contributed by atoms with Crippen molar-refractivity contribution < 1.29 is 13.2 Å². The van der Waals surface area contributed by atoms with Gasteiger partial charge in [0, 0.05) is 29.7 Å². The molecule has 0 unspecified atom stereocenters. The molecule has 4 aromatic rings. The predicted octanol–water partition coefficient (Wildman–Crippen LogP) is 6.17. The minimum atomic E-state index is -3.77. The first kappa shape index (κ1) is 26.5. The summed E-state index contributed by atoms with van der Waals surface area (Å²) in [6.45, 7) is 11.5. The van der Waals surface area contributed by atoms with Crippen molar-refractivity contribution in [2.75, 3.05) is 11.3 Å². The summed E-state index contributed by atoms with van der Waals surface area (Å²) in [5, 5.41) is 3.79. The van der Waals surface area contributed by atoms with Crippen LogP contribution in [0.5, 0.6) is 0 Å². The summed E-state index contributed by atoms with van der Waals surface area (Å²) in [5.41, 5.74) is 3.91. The molecule has 194 valence electrons. The van der Waals surface area contributed by atoms with Gasteiger partial charge in [-0.25, -0.2) is 8.42 Å². The van der Waals surface area contributed by atoms with Gasteiger partial charge in [0.05, 0.1) is 4.90 Å². The van der Waals surface area contributed by atoms with Crippen LogP contribution < -0.4 is 10.0 Å². The number of carbonyl (C=O) groups is 1. The molecule has 0 spiro atoms. The maximum absolute atomic E-state index is 13.1. The number of sulfonamides is 1. The van der Waals surface area contributed by atoms with Crippen molar-refractivity contribution >= 4 is 32.5 Å². The van der Waals surface area contributed by atoms with Crippen LogP contribution in [0, 0.1) is 5.92 Å². The second kappa shape index (κ2) is 10.4. The minimum Gasteiger partial charge on any atom is -0.351 e. The van der Waals surface area contributed by atoms with Crippen LogP contribution in [0.15, 0.2) is 83.8 Å². The first-order valence-corrected chi connectivity index (χ1v) is 14.0. The van der Waals surface area contributed by atoms with Crippen molar-refractivity contribution in [1.29, 1.82) is 0 Å². The van der Waals surface area contributed by atoms with Gasteiger partial charge >= 0.3 is 0 Å². The minimum absolute atomic E-state index is 0.0627. The molecule has 1 heterocycles. The van der Waals surface area contributed by atoms with Crippen molar-refractivity contribution in [3.8, 4) is 0 Å². The van der Waals surface area contributed by atoms with Gasteiger partial charge in [-0.1, -0.05) is 77.1 Å². The van der Waals surface area contributed by atoms with Gasteiger partial charge in [0.1, 0.15) is 5.69 Å². The van der Waals surface area contributed by atoms with Gasteiger partial charge in [-0.3, -0.25) is 9.52 Å². The summed E-state index contributed by atoms with van der Waals surface area (Å²) in [4.78, 5) is 13.3. The topological polar surface area (TPSA) is 80.2 Å². The SMILES string of the molecule is CC(C)CNC(=O)c1cc2cc(NS(=O)(=O)c3ccc(C(C)(C)C)cc3)ccc2n1Cc1ccccc1. The standard InChI is InChI=1S/C30H35N3O3S/c1-21(2)19-31-29(34)28-18-23-17-25(13-16-27(23)33(28)20-22-9-7-6-8-10-22)32-37(35,36)26-14-11-24(12-15-26)30(3,4)5/h6-18,21,32H,19-20H2,1-5H3,(H,31,34). The lowest BCUT2D eigenvalue weighted by atomic mass is 9.87. The first-order chi connectivity index (χ1) is 17.4. The van der Waals surface area contributed by atoms with Crippen molar-refractivity contribution in [2.24, 2.45) is 5.92 Å². The third kappa shape index (κ3) is 6.23. The second-order valence-electron chi connectivity index (χ2n) is 10.9. The van der Waals surface area contributed by atoms with E-state index in [2.05, 4.69) is 44.7 Å². The zero-order valence-corrected chi connectivity index (χ0v) is 22.9. The number of rotatable bonds is 8. The summed E-state index contributed by atoms with van der Waals surface area (Å²) in [5.74, 6) is 0.177. The second-order valence-corrected chi connectivity index (χ2v) is 12.5. The third-order valence-corrected chi connectivity index (χ3v) is 7.67. The molecule has 3 aromatic carbocycles. The highest BCUT2D eigenvalue weighted by molar-refractivity contribution is 7.92. The van der Waals surface area contributed by atoms with E-state index in [4.69, 9.17) is 0 Å². The van der Waals surface area contributed by atoms with E-state index in [0.717, 1.165) is 22.0 Å². The lowest BCUT2D eigenvalue weighted by molar-refractivity contribution is 0.0940. The number of aromatic nitrogens is 1. The Kier molecular flexibility index (Phi) is 7.46. The highest BCUT2D eigenvalue weighted by Gasteiger charge is 2.20. The summed E-state index contributed by atoms with van der Waals surface area (Å²) in [6.07, 6.45) is 0. The molecule has 37 heavy (non-hydrogen) atoms. The molecule has 0 bridgehead atoms. The van der Waals surface area contributed by atoms with Crippen molar-refractivity contribution in [3.63, 3.8) is 0 Å². The van der Waals surface area contributed by atoms with E-state index in [1.54, 1.807) is 24.3 Å². The molecule has 0 saturated carbocycles. The average molecular weight is 518 g/mol. The lowest BCUT2D eigenvalue weighted by Gasteiger charge is -2.19. The van der Waals surface area contributed by atoms with E-state index < -0.39 is 10.0 Å². The van der Waals surface area contributed by atoms with Gasteiger partial charge in [-0.05, 0) is 58.9 Å². The van der Waals surface area contributed by atoms with Gasteiger partial charge in [-0.15, -0.1) is 0 Å². The van der Waals surface area contributed by atoms with Crippen LogP contribution in [0.4, 0.5) is 5.69 Å². The fourth-order valence-electron chi connectivity index (χ4n) is 4.19. The Morgan fingerprint density at radius 2 is 1.59 bits per heavy atom. The molecule has 1 aromatic heterocycles. The maximum Gasteiger partial charge on any atom is 0.267 e. The number of amides is 1. The smallest absolute Gasteiger partial charge is 0.267 e. The largest absolute Gasteiger partial charge is 0.351 e. The molecule has 7 heteroatoms. The van der Waals surface area contributed by atoms with Crippen molar-refractivity contribution in [3.05, 3.63) is 95.7 Å². The van der Waals surface area contributed by atoms with Crippen molar-refractivity contribution in [2.45, 2.75) is 51.5 Å². The maximum atomic E-state index is 13.1. The Morgan fingerprint density at radius 1 is 0.919 bits per heavy atom. The third-order valence-electron chi connectivity index (χ3n) is 6.27. The van der Waals surface area contributed by atoms with Gasteiger partial charge < -0.3 is 9.88 Å². The lowest BCUT2D eigenvalue weighted by Crippen LogP contribution is -2.29. The quantitative estimate of drug-likeness (QED) is 0.293. The molecular formula is C30H35N3O3S. The van der Waals surface area contributed by atoms with Crippen LogP contribution >= 0.6 is 0 Å². The molecule has 0 atom stereocenters. The van der Waals surface area contributed by atoms with Crippen LogP contribution in [0.25, 0.3) is 10.9 Å². The number of nitrogens with one attached hydrogen (secondary N) is 2. The molecule has 0 aliphatic carbocycles. The molecule has 2 N–H and O–H groups in total. The molecule has 6 nitrogen and oxygen atoms in total. The Bertz CT molecular complexity index is 1500. The number of carbonyl (C=O) groups excluding carboxylic acids is 1. The first-order valence-electron chi connectivity index (χ1n) is 12.5. The Balaban J connectivity index is 1.67. The zero-order chi connectivity index (χ0) is 26.8. The normalized spacial score (nSPS) is 12.2. The number of nitrogens with zero attached hydrogens (tertiary/aromatic N) is 1. The van der Waals surface area contributed by atoms with E-state index in [-0.39, 0.29) is 16.2 Å². The van der Waals surface area contributed by atoms with Gasteiger partial charge in [-0.2, -0.15) is 0 Å². The average Bonchev–Trinajstić information content (AvgIpc) is 3.20. The molecule has 0 aliphatic heterocycles. The van der Waals surface area contributed by atoms with Gasteiger partial charge in [0.25, 0.3) is 15.9 Å². The summed E-state index contributed by atoms with van der Waals surface area (Å²) in [6, 6.07) is 24.1. The fourth-order valence-corrected chi connectivity index (χ4v) is 5.24. The van der Waals surface area contributed by atoms with Crippen LogP contribution in [0.3, 0.4) is 0 Å². The summed E-state index contributed by atoms with van der Waals surface area (Å²) in [7, 11) is -3.77. The number of fused-ring (bicyclic) bond motifs is 1. The summed E-state index contributed by atoms with van der Waals surface area (Å²) >= 11 is 0. The zero-order valence-electron chi connectivity index (χ0n) is 22.1. The van der Waals surface area contributed by atoms with E-state index in [9.17, 15) is 13.2 Å². The highest BCUT2D eigenvalue weighted by atomic mass is 32.2. The molecular weight excluding hydrogens is 482 g/mol. The Morgan fingerprint density at radius 3 is 2.22 bits per heavy atom. The summed E-state index contributed by atoms with van der Waals surface area (Å²) < 4.78 is 30.8. The van der Waals surface area contributed by atoms with E-state index in [1.807, 2.05) is 59.2 Å². The number of hydrogen-bond acceptors (Lipinski definition) is 3. The van der Waals surface area contributed by atoms with Crippen LogP contribution in [0.1, 0.15) is 56.2 Å². The van der Waals surface area contributed by atoms with Crippen LogP contribution in [0.2, 0.25) is 0 Å². The van der Waals surface area contributed by atoms with Gasteiger partial charge in [0.2, 0.25) is 0 Å². The van der Waals surface area contributed by atoms with E-state index in [0.29, 0.717) is 30.4 Å². The fraction of sp³-hybridized carbons (Fsp3) is 0.300.